The van der Waals surface area contributed by atoms with Crippen LogP contribution in [0.3, 0.4) is 0 Å². The van der Waals surface area contributed by atoms with E-state index in [0.717, 1.165) is 11.3 Å². The molecule has 0 aliphatic rings. The molecule has 0 saturated heterocycles. The number of nitrogens with two attached hydrogens (primary N) is 1. The van der Waals surface area contributed by atoms with Crippen molar-refractivity contribution < 1.29 is 4.79 Å². The molecule has 1 unspecified atom stereocenters. The summed E-state index contributed by atoms with van der Waals surface area (Å²) in [6.07, 6.45) is 0.846. The molecule has 1 atom stereocenters. The fourth-order valence-corrected chi connectivity index (χ4v) is 3.22. The Kier molecular flexibility index (Phi) is 5.36. The van der Waals surface area contributed by atoms with Gasteiger partial charge in [0.15, 0.2) is 0 Å². The zero-order chi connectivity index (χ0) is 14.4. The molecule has 2 rings (SSSR count). The number of hydrogen-bond acceptors (Lipinski definition) is 4. The monoisotopic (exact) mass is 304 g/mol. The summed E-state index contributed by atoms with van der Waals surface area (Å²) in [5.74, 6) is 5.67. The number of carbonyl (C=O) groups is 1. The van der Waals surface area contributed by atoms with Gasteiger partial charge in [0.2, 0.25) is 0 Å². The van der Waals surface area contributed by atoms with Crippen LogP contribution in [-0.4, -0.2) is 18.5 Å². The van der Waals surface area contributed by atoms with E-state index in [1.807, 2.05) is 17.7 Å². The predicted molar refractivity (Wildman–Crippen MR) is 85.2 cm³/mol. The third kappa shape index (κ3) is 4.20. The van der Waals surface area contributed by atoms with Gasteiger partial charge in [-0.3, -0.25) is 4.79 Å². The second-order valence-corrected chi connectivity index (χ2v) is 6.11. The van der Waals surface area contributed by atoms with Crippen molar-refractivity contribution in [2.24, 2.45) is 5.73 Å². The van der Waals surface area contributed by atoms with E-state index in [9.17, 15) is 4.79 Å². The van der Waals surface area contributed by atoms with E-state index in [2.05, 4.69) is 28.6 Å². The first kappa shape index (κ1) is 14.8. The molecule has 2 heterocycles. The Bertz CT molecular complexity index is 620. The molecule has 0 radical (unpaired) electrons. The summed E-state index contributed by atoms with van der Waals surface area (Å²) in [6.45, 7) is 2.34. The third-order valence-corrected chi connectivity index (χ3v) is 4.25. The highest BCUT2D eigenvalue weighted by Crippen LogP contribution is 2.14. The Labute approximate surface area is 126 Å². The minimum atomic E-state index is -0.0511. The largest absolute Gasteiger partial charge is 0.349 e. The first-order chi connectivity index (χ1) is 9.69. The molecule has 104 valence electrons. The maximum Gasteiger partial charge on any atom is 0.252 e. The third-order valence-electron chi connectivity index (χ3n) is 2.67. The van der Waals surface area contributed by atoms with E-state index < -0.39 is 0 Å². The van der Waals surface area contributed by atoms with E-state index >= 15 is 0 Å². The number of rotatable bonds is 4. The number of nitrogens with one attached hydrogen (secondary N) is 1. The first-order valence-corrected chi connectivity index (χ1v) is 8.10. The van der Waals surface area contributed by atoms with Crippen LogP contribution in [0.15, 0.2) is 28.3 Å². The van der Waals surface area contributed by atoms with Crippen molar-refractivity contribution in [3.8, 4) is 11.8 Å². The van der Waals surface area contributed by atoms with E-state index in [4.69, 9.17) is 5.73 Å². The second kappa shape index (κ2) is 7.25. The van der Waals surface area contributed by atoms with Crippen molar-refractivity contribution in [1.82, 2.24) is 5.32 Å². The molecule has 0 bridgehead atoms. The van der Waals surface area contributed by atoms with E-state index in [0.29, 0.717) is 12.1 Å². The highest BCUT2D eigenvalue weighted by atomic mass is 32.1. The Morgan fingerprint density at radius 3 is 3.05 bits per heavy atom. The number of hydrogen-bond donors (Lipinski definition) is 2. The van der Waals surface area contributed by atoms with Gasteiger partial charge in [-0.25, -0.2) is 0 Å². The zero-order valence-corrected chi connectivity index (χ0v) is 12.8. The van der Waals surface area contributed by atoms with Crippen LogP contribution in [0.4, 0.5) is 0 Å². The lowest BCUT2D eigenvalue weighted by molar-refractivity contribution is 0.0940. The minimum absolute atomic E-state index is 0.0511. The van der Waals surface area contributed by atoms with Gasteiger partial charge in [-0.1, -0.05) is 11.8 Å². The predicted octanol–water partition coefficient (Wildman–Crippen LogP) is 2.48. The van der Waals surface area contributed by atoms with Crippen molar-refractivity contribution >= 4 is 28.6 Å². The van der Waals surface area contributed by atoms with Crippen LogP contribution in [0.5, 0.6) is 0 Å². The summed E-state index contributed by atoms with van der Waals surface area (Å²) < 4.78 is 0. The molecule has 2 aromatic heterocycles. The molecule has 2 aromatic rings. The SMILES string of the molecule is CC(Cc1ccsc1)NC(=O)c1csc(C#CCN)c1. The van der Waals surface area contributed by atoms with E-state index in [-0.39, 0.29) is 11.9 Å². The van der Waals surface area contributed by atoms with Gasteiger partial charge < -0.3 is 11.1 Å². The Morgan fingerprint density at radius 2 is 2.35 bits per heavy atom. The maximum absolute atomic E-state index is 12.1. The summed E-state index contributed by atoms with van der Waals surface area (Å²) in [4.78, 5) is 13.0. The second-order valence-electron chi connectivity index (χ2n) is 4.42. The van der Waals surface area contributed by atoms with Gasteiger partial charge >= 0.3 is 0 Å². The number of thiophene rings is 2. The van der Waals surface area contributed by atoms with Gasteiger partial charge in [-0.15, -0.1) is 11.3 Å². The lowest BCUT2D eigenvalue weighted by Gasteiger charge is -2.12. The number of amides is 1. The van der Waals surface area contributed by atoms with Crippen LogP contribution in [0.25, 0.3) is 0 Å². The highest BCUT2D eigenvalue weighted by Gasteiger charge is 2.12. The summed E-state index contributed by atoms with van der Waals surface area (Å²) >= 11 is 3.13. The molecule has 20 heavy (non-hydrogen) atoms. The Balaban J connectivity index is 1.92. The van der Waals surface area contributed by atoms with Crippen molar-refractivity contribution in [3.63, 3.8) is 0 Å². The average Bonchev–Trinajstić information content (AvgIpc) is 3.07. The van der Waals surface area contributed by atoms with Crippen LogP contribution in [-0.2, 0) is 6.42 Å². The fourth-order valence-electron chi connectivity index (χ4n) is 1.78. The Morgan fingerprint density at radius 1 is 1.50 bits per heavy atom. The van der Waals surface area contributed by atoms with Gasteiger partial charge in [0, 0.05) is 11.4 Å². The van der Waals surface area contributed by atoms with E-state index in [1.165, 1.54) is 16.9 Å². The molecular formula is C15H16N2OS2. The average molecular weight is 304 g/mol. The van der Waals surface area contributed by atoms with Gasteiger partial charge in [-0.2, -0.15) is 11.3 Å². The Hall–Kier alpha value is -1.61. The summed E-state index contributed by atoms with van der Waals surface area (Å²) in [5, 5.41) is 8.98. The van der Waals surface area contributed by atoms with Crippen LogP contribution in [0, 0.1) is 11.8 Å². The highest BCUT2D eigenvalue weighted by molar-refractivity contribution is 7.10. The topological polar surface area (TPSA) is 55.1 Å². The molecule has 0 fully saturated rings. The normalized spacial score (nSPS) is 11.5. The van der Waals surface area contributed by atoms with Gasteiger partial charge in [0.1, 0.15) is 0 Å². The zero-order valence-electron chi connectivity index (χ0n) is 11.2. The van der Waals surface area contributed by atoms with Crippen LogP contribution >= 0.6 is 22.7 Å². The van der Waals surface area contributed by atoms with Crippen LogP contribution in [0.1, 0.15) is 27.7 Å². The van der Waals surface area contributed by atoms with Crippen molar-refractivity contribution in [1.29, 1.82) is 0 Å². The molecule has 5 heteroatoms. The molecule has 0 spiro atoms. The van der Waals surface area contributed by atoms with Crippen molar-refractivity contribution in [2.45, 2.75) is 19.4 Å². The minimum Gasteiger partial charge on any atom is -0.349 e. The quantitative estimate of drug-likeness (QED) is 0.853. The molecule has 0 saturated carbocycles. The van der Waals surface area contributed by atoms with Crippen LogP contribution < -0.4 is 11.1 Å². The summed E-state index contributed by atoms with van der Waals surface area (Å²) in [7, 11) is 0. The molecule has 0 aliphatic carbocycles. The standard InChI is InChI=1S/C15H16N2OS2/c1-11(7-12-4-6-19-9-12)17-15(18)13-8-14(20-10-13)3-2-5-16/h4,6,8-11H,5,7,16H2,1H3,(H,17,18). The summed E-state index contributed by atoms with van der Waals surface area (Å²) in [6, 6.07) is 3.99. The van der Waals surface area contributed by atoms with Gasteiger partial charge in [-0.05, 0) is 41.8 Å². The maximum atomic E-state index is 12.1. The molecule has 3 nitrogen and oxygen atoms in total. The lowest BCUT2D eigenvalue weighted by atomic mass is 10.1. The lowest BCUT2D eigenvalue weighted by Crippen LogP contribution is -2.33. The number of carbonyl (C=O) groups excluding carboxylic acids is 1. The summed E-state index contributed by atoms with van der Waals surface area (Å²) in [5.41, 5.74) is 7.24. The first-order valence-electron chi connectivity index (χ1n) is 6.28. The van der Waals surface area contributed by atoms with Crippen molar-refractivity contribution in [3.05, 3.63) is 44.3 Å². The molecule has 0 aromatic carbocycles. The smallest absolute Gasteiger partial charge is 0.252 e. The fraction of sp³-hybridized carbons (Fsp3) is 0.267. The molecule has 3 N–H and O–H groups in total. The molecular weight excluding hydrogens is 288 g/mol. The van der Waals surface area contributed by atoms with Gasteiger partial charge in [0.25, 0.3) is 5.91 Å². The van der Waals surface area contributed by atoms with Gasteiger partial charge in [0.05, 0.1) is 17.0 Å². The van der Waals surface area contributed by atoms with E-state index in [1.54, 1.807) is 17.4 Å². The molecule has 0 aliphatic heterocycles. The van der Waals surface area contributed by atoms with Crippen LogP contribution in [0.2, 0.25) is 0 Å². The molecule has 1 amide bonds. The van der Waals surface area contributed by atoms with Crippen molar-refractivity contribution in [2.75, 3.05) is 6.54 Å².